The highest BCUT2D eigenvalue weighted by atomic mass is 19.4. The largest absolute Gasteiger partial charge is 0.573 e. The molecule has 168 valence electrons. The van der Waals surface area contributed by atoms with Gasteiger partial charge in [0.15, 0.2) is 0 Å². The minimum Gasteiger partial charge on any atom is -0.455 e. The van der Waals surface area contributed by atoms with Crippen molar-refractivity contribution in [3.8, 4) is 28.2 Å². The van der Waals surface area contributed by atoms with E-state index < -0.39 is 12.1 Å². The number of hydrogen-bond acceptors (Lipinski definition) is 4. The van der Waals surface area contributed by atoms with Crippen molar-refractivity contribution < 1.29 is 22.3 Å². The van der Waals surface area contributed by atoms with E-state index in [0.717, 1.165) is 37.0 Å². The molecule has 4 nitrogen and oxygen atoms in total. The van der Waals surface area contributed by atoms with E-state index in [2.05, 4.69) is 4.74 Å². The van der Waals surface area contributed by atoms with Gasteiger partial charge < -0.3 is 14.9 Å². The molecule has 0 saturated heterocycles. The third kappa shape index (κ3) is 4.00. The van der Waals surface area contributed by atoms with Gasteiger partial charge in [0.1, 0.15) is 17.1 Å². The molecule has 5 rings (SSSR count). The fourth-order valence-corrected chi connectivity index (χ4v) is 4.24. The fourth-order valence-electron chi connectivity index (χ4n) is 4.24. The van der Waals surface area contributed by atoms with E-state index in [9.17, 15) is 18.0 Å². The van der Waals surface area contributed by atoms with E-state index in [1.54, 1.807) is 24.3 Å². The molecule has 4 aromatic rings. The highest BCUT2D eigenvalue weighted by molar-refractivity contribution is 5.89. The number of ether oxygens (including phenoxy) is 1. The Balaban J connectivity index is 1.69. The smallest absolute Gasteiger partial charge is 0.455 e. The van der Waals surface area contributed by atoms with Gasteiger partial charge >= 0.3 is 6.36 Å². The van der Waals surface area contributed by atoms with Crippen LogP contribution in [0, 0.1) is 0 Å². The number of halogens is 3. The second kappa shape index (κ2) is 7.78. The first kappa shape index (κ1) is 21.3. The number of hydrogen-bond donors (Lipinski definition) is 1. The van der Waals surface area contributed by atoms with Crippen molar-refractivity contribution >= 4 is 11.0 Å². The molecule has 7 heteroatoms. The molecule has 2 N–H and O–H groups in total. The summed E-state index contributed by atoms with van der Waals surface area (Å²) in [4.78, 5) is 13.5. The van der Waals surface area contributed by atoms with E-state index in [1.165, 1.54) is 6.07 Å². The van der Waals surface area contributed by atoms with E-state index in [1.807, 2.05) is 30.3 Å². The predicted octanol–water partition coefficient (Wildman–Crippen LogP) is 6.36. The second-order valence-electron chi connectivity index (χ2n) is 8.29. The molecule has 33 heavy (non-hydrogen) atoms. The van der Waals surface area contributed by atoms with Crippen LogP contribution in [0.3, 0.4) is 0 Å². The second-order valence-corrected chi connectivity index (χ2v) is 8.29. The zero-order valence-electron chi connectivity index (χ0n) is 17.5. The maximum Gasteiger partial charge on any atom is 0.573 e. The molecule has 1 aromatic heterocycles. The lowest BCUT2D eigenvalue weighted by molar-refractivity contribution is -0.274. The predicted molar refractivity (Wildman–Crippen MR) is 120 cm³/mol. The van der Waals surface area contributed by atoms with Crippen molar-refractivity contribution in [2.24, 2.45) is 5.73 Å². The quantitative estimate of drug-likeness (QED) is 0.392. The summed E-state index contributed by atoms with van der Waals surface area (Å²) in [5.74, 6) is -0.181. The normalized spacial score (nSPS) is 15.3. The van der Waals surface area contributed by atoms with Crippen LogP contribution in [0.25, 0.3) is 33.4 Å². The van der Waals surface area contributed by atoms with E-state index >= 15 is 0 Å². The average molecular weight is 451 g/mol. The maximum absolute atomic E-state index is 13.5. The van der Waals surface area contributed by atoms with Crippen molar-refractivity contribution in [2.45, 2.75) is 31.2 Å². The Hall–Kier alpha value is -3.58. The fraction of sp³-hybridized carbons (Fsp3) is 0.192. The molecular formula is C26H20F3NO3. The number of fused-ring (bicyclic) bond motifs is 1. The Morgan fingerprint density at radius 3 is 2.21 bits per heavy atom. The summed E-state index contributed by atoms with van der Waals surface area (Å²) < 4.78 is 48.0. The minimum absolute atomic E-state index is 0.0105. The summed E-state index contributed by atoms with van der Waals surface area (Å²) in [6, 6.07) is 20.0. The van der Waals surface area contributed by atoms with Crippen molar-refractivity contribution in [1.82, 2.24) is 0 Å². The zero-order chi connectivity index (χ0) is 23.2. The lowest BCUT2D eigenvalue weighted by Crippen LogP contribution is -2.43. The van der Waals surface area contributed by atoms with Crippen LogP contribution >= 0.6 is 0 Å². The van der Waals surface area contributed by atoms with Crippen molar-refractivity contribution in [2.75, 3.05) is 0 Å². The van der Waals surface area contributed by atoms with Crippen LogP contribution in [-0.4, -0.2) is 6.36 Å². The minimum atomic E-state index is -4.85. The maximum atomic E-state index is 13.5. The summed E-state index contributed by atoms with van der Waals surface area (Å²) in [7, 11) is 0. The Labute approximate surface area is 187 Å². The molecule has 3 aromatic carbocycles. The van der Waals surface area contributed by atoms with Crippen LogP contribution in [0.15, 0.2) is 82.0 Å². The summed E-state index contributed by atoms with van der Waals surface area (Å²) in [6.07, 6.45) is -1.92. The molecule has 0 spiro atoms. The highest BCUT2D eigenvalue weighted by Crippen LogP contribution is 2.40. The van der Waals surface area contributed by atoms with Gasteiger partial charge in [-0.3, -0.25) is 4.79 Å². The van der Waals surface area contributed by atoms with Gasteiger partial charge in [-0.2, -0.15) is 0 Å². The zero-order valence-corrected chi connectivity index (χ0v) is 17.5. The van der Waals surface area contributed by atoms with Gasteiger partial charge in [-0.15, -0.1) is 13.2 Å². The van der Waals surface area contributed by atoms with Gasteiger partial charge in [0, 0.05) is 17.2 Å². The Bertz CT molecular complexity index is 1370. The van der Waals surface area contributed by atoms with Crippen LogP contribution in [0.2, 0.25) is 0 Å². The molecule has 1 aliphatic rings. The van der Waals surface area contributed by atoms with Crippen LogP contribution in [0.5, 0.6) is 5.75 Å². The summed E-state index contributed by atoms with van der Waals surface area (Å²) in [6.45, 7) is 0. The first-order valence-corrected chi connectivity index (χ1v) is 10.6. The molecule has 1 fully saturated rings. The monoisotopic (exact) mass is 451 g/mol. The molecule has 0 radical (unpaired) electrons. The van der Waals surface area contributed by atoms with Crippen LogP contribution in [0.4, 0.5) is 13.2 Å². The van der Waals surface area contributed by atoms with Crippen LogP contribution in [0.1, 0.15) is 24.8 Å². The van der Waals surface area contributed by atoms with Gasteiger partial charge in [-0.1, -0.05) is 54.6 Å². The van der Waals surface area contributed by atoms with Crippen LogP contribution in [-0.2, 0) is 5.54 Å². The third-order valence-corrected chi connectivity index (χ3v) is 6.13. The van der Waals surface area contributed by atoms with E-state index in [4.69, 9.17) is 10.2 Å². The molecule has 1 heterocycles. The summed E-state index contributed by atoms with van der Waals surface area (Å²) in [5.41, 5.74) is 8.39. The average Bonchev–Trinajstić information content (AvgIpc) is 2.77. The molecule has 1 aliphatic carbocycles. The molecular weight excluding hydrogens is 431 g/mol. The standard InChI is InChI=1S/C26H20F3NO3/c27-26(28,29)33-19-11-12-20-21(15-19)32-24(17-5-2-1-3-6-17)22(23(20)31)16-7-9-18(10-8-16)25(30)13-4-14-25/h1-3,5-12,15H,4,13-14,30H2. The van der Waals surface area contributed by atoms with Gasteiger partial charge in [0.25, 0.3) is 0 Å². The Morgan fingerprint density at radius 1 is 0.909 bits per heavy atom. The van der Waals surface area contributed by atoms with Gasteiger partial charge in [0.2, 0.25) is 5.43 Å². The number of benzene rings is 3. The Kier molecular flexibility index (Phi) is 5.01. The molecule has 0 amide bonds. The summed E-state index contributed by atoms with van der Waals surface area (Å²) >= 11 is 0. The van der Waals surface area contributed by atoms with Gasteiger partial charge in [0.05, 0.1) is 10.9 Å². The highest BCUT2D eigenvalue weighted by Gasteiger charge is 2.34. The van der Waals surface area contributed by atoms with Gasteiger partial charge in [-0.05, 0) is 42.5 Å². The van der Waals surface area contributed by atoms with Crippen molar-refractivity contribution in [3.63, 3.8) is 0 Å². The number of rotatable bonds is 4. The lowest BCUT2D eigenvalue weighted by atomic mass is 9.72. The molecule has 0 atom stereocenters. The first-order chi connectivity index (χ1) is 15.7. The van der Waals surface area contributed by atoms with Crippen molar-refractivity contribution in [3.05, 3.63) is 88.6 Å². The SMILES string of the molecule is NC1(c2ccc(-c3c(-c4ccccc4)oc4cc(OC(F)(F)F)ccc4c3=O)cc2)CCC1. The van der Waals surface area contributed by atoms with Crippen molar-refractivity contribution in [1.29, 1.82) is 0 Å². The first-order valence-electron chi connectivity index (χ1n) is 10.6. The molecule has 0 bridgehead atoms. The van der Waals surface area contributed by atoms with Crippen LogP contribution < -0.4 is 15.9 Å². The number of alkyl halides is 3. The van der Waals surface area contributed by atoms with E-state index in [-0.39, 0.29) is 27.7 Å². The van der Waals surface area contributed by atoms with E-state index in [0.29, 0.717) is 16.7 Å². The number of nitrogens with two attached hydrogens (primary N) is 1. The Morgan fingerprint density at radius 2 is 1.61 bits per heavy atom. The molecule has 0 unspecified atom stereocenters. The topological polar surface area (TPSA) is 65.5 Å². The lowest BCUT2D eigenvalue weighted by Gasteiger charge is -2.38. The molecule has 1 saturated carbocycles. The third-order valence-electron chi connectivity index (χ3n) is 6.13. The summed E-state index contributed by atoms with van der Waals surface area (Å²) in [5, 5.41) is 0.164. The molecule has 0 aliphatic heterocycles. The van der Waals surface area contributed by atoms with Gasteiger partial charge in [-0.25, -0.2) is 0 Å².